The van der Waals surface area contributed by atoms with E-state index in [9.17, 15) is 4.79 Å². The van der Waals surface area contributed by atoms with Crippen molar-refractivity contribution in [2.45, 2.75) is 19.5 Å². The topological polar surface area (TPSA) is 68.4 Å². The van der Waals surface area contributed by atoms with Gasteiger partial charge in [-0.1, -0.05) is 72.8 Å². The average Bonchev–Trinajstić information content (AvgIpc) is 3.25. The van der Waals surface area contributed by atoms with Crippen molar-refractivity contribution in [3.05, 3.63) is 113 Å². The van der Waals surface area contributed by atoms with Gasteiger partial charge in [0.2, 0.25) is 0 Å². The Morgan fingerprint density at radius 1 is 0.906 bits per heavy atom. The first kappa shape index (κ1) is 21.6. The molecule has 0 saturated carbocycles. The number of nitrogens with one attached hydrogen (secondary N) is 2. The normalized spacial score (nSPS) is 11.4. The molecule has 0 radical (unpaired) electrons. The minimum absolute atomic E-state index is 0.541. The van der Waals surface area contributed by atoms with Gasteiger partial charge >= 0.3 is 0 Å². The van der Waals surface area contributed by atoms with Gasteiger partial charge in [0.1, 0.15) is 0 Å². The van der Waals surface area contributed by atoms with E-state index in [0.29, 0.717) is 0 Å². The molecule has 4 aromatic rings. The maximum absolute atomic E-state index is 11.2. The Balaban J connectivity index is 1.46. The molecule has 3 aromatic carbocycles. The Labute approximate surface area is 188 Å². The molecule has 1 heterocycles. The molecule has 0 spiro atoms. The number of amides is 1. The van der Waals surface area contributed by atoms with Crippen LogP contribution in [0.15, 0.2) is 91.1 Å². The van der Waals surface area contributed by atoms with Crippen LogP contribution in [-0.4, -0.2) is 27.5 Å². The zero-order valence-electron chi connectivity index (χ0n) is 17.9. The second kappa shape index (κ2) is 10.6. The van der Waals surface area contributed by atoms with Crippen LogP contribution in [0.4, 0.5) is 0 Å². The van der Waals surface area contributed by atoms with Gasteiger partial charge in [-0.25, -0.2) is 5.48 Å². The van der Waals surface area contributed by atoms with Crippen LogP contribution in [0, 0.1) is 0 Å². The largest absolute Gasteiger partial charge is 0.361 e. The third kappa shape index (κ3) is 5.72. The highest BCUT2D eigenvalue weighted by atomic mass is 16.5. The molecule has 4 rings (SSSR count). The summed E-state index contributed by atoms with van der Waals surface area (Å²) in [6.07, 6.45) is 6.06. The maximum atomic E-state index is 11.2. The molecule has 0 atom stereocenters. The van der Waals surface area contributed by atoms with Gasteiger partial charge in [-0.3, -0.25) is 14.9 Å². The number of aromatic nitrogens is 1. The number of H-pyrrole nitrogens is 1. The van der Waals surface area contributed by atoms with E-state index in [1.807, 2.05) is 18.2 Å². The molecular weight excluding hydrogens is 398 g/mol. The average molecular weight is 426 g/mol. The quantitative estimate of drug-likeness (QED) is 0.202. The van der Waals surface area contributed by atoms with Gasteiger partial charge in [0.25, 0.3) is 5.91 Å². The first-order valence-electron chi connectivity index (χ1n) is 10.7. The van der Waals surface area contributed by atoms with Gasteiger partial charge in [-0.05, 0) is 40.8 Å². The predicted molar refractivity (Wildman–Crippen MR) is 128 cm³/mol. The van der Waals surface area contributed by atoms with Gasteiger partial charge in [0.05, 0.1) is 0 Å². The SMILES string of the molecule is O=C(/C=C/c1ccc(CN(CCc2c[nH]c3ccccc23)Cc2ccccc2)cc1)NO. The number of hydroxylamine groups is 1. The van der Waals surface area contributed by atoms with Gasteiger partial charge in [-0.2, -0.15) is 0 Å². The summed E-state index contributed by atoms with van der Waals surface area (Å²) in [5.41, 5.74) is 7.52. The van der Waals surface area contributed by atoms with Crippen LogP contribution in [0.1, 0.15) is 22.3 Å². The lowest BCUT2D eigenvalue weighted by molar-refractivity contribution is -0.124. The standard InChI is InChI=1S/C27H27N3O2/c31-27(29-32)15-14-21-10-12-23(13-11-21)20-30(19-22-6-2-1-3-7-22)17-16-24-18-28-26-9-5-4-8-25(24)26/h1-15,18,28,32H,16-17,19-20H2,(H,29,31)/b15-14+. The smallest absolute Gasteiger partial charge is 0.267 e. The number of hydrogen-bond acceptors (Lipinski definition) is 3. The number of carbonyl (C=O) groups excluding carboxylic acids is 1. The first-order valence-corrected chi connectivity index (χ1v) is 10.7. The lowest BCUT2D eigenvalue weighted by atomic mass is 10.1. The van der Waals surface area contributed by atoms with Crippen LogP contribution in [-0.2, 0) is 24.3 Å². The molecule has 0 fully saturated rings. The van der Waals surface area contributed by atoms with Crippen molar-refractivity contribution >= 4 is 22.9 Å². The minimum Gasteiger partial charge on any atom is -0.361 e. The van der Waals surface area contributed by atoms with E-state index in [1.165, 1.54) is 33.7 Å². The Kier molecular flexibility index (Phi) is 7.12. The summed E-state index contributed by atoms with van der Waals surface area (Å²) in [6, 6.07) is 27.1. The van der Waals surface area contributed by atoms with Gasteiger partial charge < -0.3 is 4.98 Å². The molecule has 5 heteroatoms. The fraction of sp³-hybridized carbons (Fsp3) is 0.148. The highest BCUT2D eigenvalue weighted by Crippen LogP contribution is 2.19. The number of aromatic amines is 1. The summed E-state index contributed by atoms with van der Waals surface area (Å²) in [5.74, 6) is -0.541. The van der Waals surface area contributed by atoms with E-state index in [4.69, 9.17) is 5.21 Å². The number of benzene rings is 3. The van der Waals surface area contributed by atoms with E-state index < -0.39 is 5.91 Å². The second-order valence-electron chi connectivity index (χ2n) is 7.86. The summed E-state index contributed by atoms with van der Waals surface area (Å²) >= 11 is 0. The highest BCUT2D eigenvalue weighted by Gasteiger charge is 2.10. The van der Waals surface area contributed by atoms with Gasteiger partial charge in [0, 0.05) is 42.8 Å². The molecule has 1 aromatic heterocycles. The molecule has 0 unspecified atom stereocenters. The van der Waals surface area contributed by atoms with Crippen molar-refractivity contribution in [3.8, 4) is 0 Å². The lowest BCUT2D eigenvalue weighted by Crippen LogP contribution is -2.25. The third-order valence-corrected chi connectivity index (χ3v) is 5.54. The summed E-state index contributed by atoms with van der Waals surface area (Å²) in [4.78, 5) is 17.0. The predicted octanol–water partition coefficient (Wildman–Crippen LogP) is 4.93. The number of carbonyl (C=O) groups is 1. The summed E-state index contributed by atoms with van der Waals surface area (Å²) < 4.78 is 0. The van der Waals surface area contributed by atoms with Crippen LogP contribution >= 0.6 is 0 Å². The Bertz CT molecular complexity index is 1180. The number of rotatable bonds is 9. The number of para-hydroxylation sites is 1. The molecule has 5 nitrogen and oxygen atoms in total. The molecule has 0 bridgehead atoms. The van der Waals surface area contributed by atoms with Crippen LogP contribution < -0.4 is 5.48 Å². The van der Waals surface area contributed by atoms with E-state index >= 15 is 0 Å². The van der Waals surface area contributed by atoms with E-state index in [1.54, 1.807) is 11.6 Å². The zero-order chi connectivity index (χ0) is 22.2. The van der Waals surface area contributed by atoms with Crippen LogP contribution in [0.5, 0.6) is 0 Å². The van der Waals surface area contributed by atoms with Crippen LogP contribution in [0.3, 0.4) is 0 Å². The van der Waals surface area contributed by atoms with E-state index in [0.717, 1.165) is 31.6 Å². The summed E-state index contributed by atoms with van der Waals surface area (Å²) in [6.45, 7) is 2.65. The fourth-order valence-electron chi connectivity index (χ4n) is 3.87. The Morgan fingerprint density at radius 3 is 2.34 bits per heavy atom. The number of hydrogen-bond donors (Lipinski definition) is 3. The van der Waals surface area contributed by atoms with Gasteiger partial charge in [-0.15, -0.1) is 0 Å². The van der Waals surface area contributed by atoms with Crippen LogP contribution in [0.25, 0.3) is 17.0 Å². The Morgan fingerprint density at radius 2 is 1.59 bits per heavy atom. The highest BCUT2D eigenvalue weighted by molar-refractivity contribution is 5.90. The van der Waals surface area contributed by atoms with Crippen LogP contribution in [0.2, 0.25) is 0 Å². The second-order valence-corrected chi connectivity index (χ2v) is 7.86. The molecule has 0 aliphatic rings. The van der Waals surface area contributed by atoms with Crippen molar-refractivity contribution in [2.24, 2.45) is 0 Å². The molecule has 0 saturated heterocycles. The Hall–Kier alpha value is -3.67. The summed E-state index contributed by atoms with van der Waals surface area (Å²) in [7, 11) is 0. The molecule has 0 aliphatic carbocycles. The zero-order valence-corrected chi connectivity index (χ0v) is 17.9. The first-order chi connectivity index (χ1) is 15.7. The monoisotopic (exact) mass is 425 g/mol. The molecule has 32 heavy (non-hydrogen) atoms. The molecule has 0 aliphatic heterocycles. The number of nitrogens with zero attached hydrogens (tertiary/aromatic N) is 1. The van der Waals surface area contributed by atoms with Gasteiger partial charge in [0.15, 0.2) is 0 Å². The van der Waals surface area contributed by atoms with Crippen molar-refractivity contribution in [1.82, 2.24) is 15.4 Å². The van der Waals surface area contributed by atoms with E-state index in [-0.39, 0.29) is 0 Å². The minimum atomic E-state index is -0.541. The molecule has 1 amide bonds. The van der Waals surface area contributed by atoms with Crippen molar-refractivity contribution in [2.75, 3.05) is 6.54 Å². The van der Waals surface area contributed by atoms with Crippen molar-refractivity contribution < 1.29 is 10.0 Å². The molecular formula is C27H27N3O2. The number of fused-ring (bicyclic) bond motifs is 1. The maximum Gasteiger partial charge on any atom is 0.267 e. The third-order valence-electron chi connectivity index (χ3n) is 5.54. The molecule has 3 N–H and O–H groups in total. The lowest BCUT2D eigenvalue weighted by Gasteiger charge is -2.23. The van der Waals surface area contributed by atoms with Crippen molar-refractivity contribution in [3.63, 3.8) is 0 Å². The summed E-state index contributed by atoms with van der Waals surface area (Å²) in [5, 5.41) is 9.88. The van der Waals surface area contributed by atoms with E-state index in [2.05, 4.69) is 76.7 Å². The van der Waals surface area contributed by atoms with Crippen molar-refractivity contribution in [1.29, 1.82) is 0 Å². The molecule has 162 valence electrons. The fourth-order valence-corrected chi connectivity index (χ4v) is 3.87.